The van der Waals surface area contributed by atoms with Gasteiger partial charge in [-0.05, 0) is 87.5 Å². The molecule has 0 saturated heterocycles. The molecule has 3 aromatic rings. The lowest BCUT2D eigenvalue weighted by molar-refractivity contribution is -0.146. The van der Waals surface area contributed by atoms with Crippen molar-refractivity contribution in [2.75, 3.05) is 26.2 Å². The van der Waals surface area contributed by atoms with Crippen LogP contribution in [-0.4, -0.2) is 69.9 Å². The maximum absolute atomic E-state index is 13.5. The Balaban J connectivity index is 0.00000506. The summed E-state index contributed by atoms with van der Waals surface area (Å²) in [4.78, 5) is 32.8. The highest BCUT2D eigenvalue weighted by molar-refractivity contribution is 6.32. The number of carbonyl (C=O) groups is 2. The third kappa shape index (κ3) is 8.26. The lowest BCUT2D eigenvalue weighted by Crippen LogP contribution is -2.57. The number of aliphatic hydroxyl groups is 1. The molecule has 1 aromatic heterocycles. The van der Waals surface area contributed by atoms with E-state index in [9.17, 15) is 19.8 Å². The number of nitrogens with one attached hydrogen (secondary N) is 1. The van der Waals surface area contributed by atoms with E-state index < -0.39 is 23.5 Å². The second kappa shape index (κ2) is 15.5. The van der Waals surface area contributed by atoms with Crippen molar-refractivity contribution in [3.05, 3.63) is 70.9 Å². The fourth-order valence-electron chi connectivity index (χ4n) is 5.44. The first kappa shape index (κ1) is 34.3. The van der Waals surface area contributed by atoms with Crippen molar-refractivity contribution < 1.29 is 24.5 Å². The van der Waals surface area contributed by atoms with Gasteiger partial charge < -0.3 is 25.2 Å². The predicted octanol–water partition coefficient (Wildman–Crippen LogP) is 6.40. The number of aliphatic carboxylic acids is 1. The van der Waals surface area contributed by atoms with E-state index >= 15 is 0 Å². The second-order valence-corrected chi connectivity index (χ2v) is 11.3. The van der Waals surface area contributed by atoms with Crippen LogP contribution in [0.5, 0.6) is 5.75 Å². The Morgan fingerprint density at radius 1 is 1.07 bits per heavy atom. The highest BCUT2D eigenvalue weighted by Crippen LogP contribution is 2.37. The molecular formula is C33H41Cl2N3O5. The van der Waals surface area contributed by atoms with Crippen molar-refractivity contribution >= 4 is 35.9 Å². The van der Waals surface area contributed by atoms with Crippen molar-refractivity contribution in [1.82, 2.24) is 15.2 Å². The highest BCUT2D eigenvalue weighted by atomic mass is 35.5. The molecule has 0 atom stereocenters. The van der Waals surface area contributed by atoms with E-state index in [-0.39, 0.29) is 30.9 Å². The van der Waals surface area contributed by atoms with Crippen LogP contribution in [0, 0.1) is 6.92 Å². The molecule has 8 nitrogen and oxygen atoms in total. The molecule has 1 aliphatic carbocycles. The molecule has 4 rings (SSSR count). The van der Waals surface area contributed by atoms with Gasteiger partial charge in [0.25, 0.3) is 5.91 Å². The minimum Gasteiger partial charge on any atom is -0.492 e. The van der Waals surface area contributed by atoms with E-state index in [1.165, 1.54) is 0 Å². The number of pyridine rings is 1. The quantitative estimate of drug-likeness (QED) is 0.199. The molecule has 1 fully saturated rings. The Morgan fingerprint density at radius 2 is 1.77 bits per heavy atom. The van der Waals surface area contributed by atoms with Gasteiger partial charge in [0.2, 0.25) is 0 Å². The van der Waals surface area contributed by atoms with Crippen LogP contribution in [0.2, 0.25) is 5.02 Å². The Kier molecular flexibility index (Phi) is 12.4. The third-order valence-electron chi connectivity index (χ3n) is 8.11. The highest BCUT2D eigenvalue weighted by Gasteiger charge is 2.43. The third-order valence-corrected chi connectivity index (χ3v) is 8.42. The molecule has 232 valence electrons. The number of rotatable bonds is 12. The van der Waals surface area contributed by atoms with Crippen molar-refractivity contribution in [3.8, 4) is 28.1 Å². The van der Waals surface area contributed by atoms with Gasteiger partial charge in [-0.3, -0.25) is 4.79 Å². The molecule has 43 heavy (non-hydrogen) atoms. The van der Waals surface area contributed by atoms with Crippen LogP contribution in [-0.2, 0) is 4.79 Å². The number of aliphatic hydroxyl groups excluding tert-OH is 1. The number of halogens is 2. The summed E-state index contributed by atoms with van der Waals surface area (Å²) in [6.45, 7) is 9.70. The molecule has 1 heterocycles. The molecule has 0 spiro atoms. The minimum atomic E-state index is -1.45. The van der Waals surface area contributed by atoms with Gasteiger partial charge >= 0.3 is 5.97 Å². The topological polar surface area (TPSA) is 112 Å². The first-order chi connectivity index (χ1) is 20.2. The number of amides is 1. The SMILES string of the molecule is CCN(CC)CCCOc1cc(-c2nc(C(=O)NC3(C(=O)O)CCC(O)CC3)ccc2-c2ccccc2C)ccc1Cl.Cl. The normalized spacial score (nSPS) is 18.1. The summed E-state index contributed by atoms with van der Waals surface area (Å²) in [5, 5.41) is 23.1. The summed E-state index contributed by atoms with van der Waals surface area (Å²) in [6, 6.07) is 16.8. The lowest BCUT2D eigenvalue weighted by Gasteiger charge is -2.35. The van der Waals surface area contributed by atoms with Crippen LogP contribution >= 0.6 is 24.0 Å². The van der Waals surface area contributed by atoms with Gasteiger partial charge in [0.05, 0.1) is 23.4 Å². The van der Waals surface area contributed by atoms with Crippen LogP contribution in [0.4, 0.5) is 0 Å². The van der Waals surface area contributed by atoms with Crippen LogP contribution in [0.1, 0.15) is 62.0 Å². The molecule has 2 aromatic carbocycles. The summed E-state index contributed by atoms with van der Waals surface area (Å²) in [7, 11) is 0. The van der Waals surface area contributed by atoms with Gasteiger partial charge in [-0.25, -0.2) is 9.78 Å². The average Bonchev–Trinajstić information content (AvgIpc) is 2.99. The monoisotopic (exact) mass is 629 g/mol. The number of aryl methyl sites for hydroxylation is 1. The van der Waals surface area contributed by atoms with Gasteiger partial charge in [-0.15, -0.1) is 12.4 Å². The molecule has 0 unspecified atom stereocenters. The molecular weight excluding hydrogens is 589 g/mol. The van der Waals surface area contributed by atoms with Crippen molar-refractivity contribution in [3.63, 3.8) is 0 Å². The van der Waals surface area contributed by atoms with E-state index in [4.69, 9.17) is 21.3 Å². The average molecular weight is 631 g/mol. The van der Waals surface area contributed by atoms with Crippen molar-refractivity contribution in [2.24, 2.45) is 0 Å². The standard InChI is InChI=1S/C33H40ClN3O5.ClH/c1-4-37(5-2)19-8-20-42-29-21-23(11-13-27(29)34)30-26(25-10-7-6-9-22(25)3)12-14-28(35-30)31(39)36-33(32(40)41)17-15-24(38)16-18-33;/h6-7,9-14,21,24,38H,4-5,8,15-20H2,1-3H3,(H,36,39)(H,40,41);1H. The zero-order valence-corrected chi connectivity index (χ0v) is 26.5. The number of hydrogen-bond acceptors (Lipinski definition) is 6. The molecule has 1 saturated carbocycles. The Labute approximate surface area is 264 Å². The number of carboxylic acids is 1. The van der Waals surface area contributed by atoms with E-state index in [1.807, 2.05) is 49.4 Å². The summed E-state index contributed by atoms with van der Waals surface area (Å²) >= 11 is 6.51. The summed E-state index contributed by atoms with van der Waals surface area (Å²) in [5.41, 5.74) is 2.78. The molecule has 0 bridgehead atoms. The second-order valence-electron chi connectivity index (χ2n) is 10.9. The first-order valence-corrected chi connectivity index (χ1v) is 15.0. The fourth-order valence-corrected chi connectivity index (χ4v) is 5.61. The van der Waals surface area contributed by atoms with Gasteiger partial charge in [0.1, 0.15) is 17.0 Å². The number of benzene rings is 2. The van der Waals surface area contributed by atoms with Crippen LogP contribution in [0.3, 0.4) is 0 Å². The number of hydrogen-bond donors (Lipinski definition) is 3. The van der Waals surface area contributed by atoms with Gasteiger partial charge in [0.15, 0.2) is 0 Å². The van der Waals surface area contributed by atoms with Crippen LogP contribution in [0.25, 0.3) is 22.4 Å². The Morgan fingerprint density at radius 3 is 2.42 bits per heavy atom. The molecule has 1 amide bonds. The Hall–Kier alpha value is -3.17. The Bertz CT molecular complexity index is 1410. The van der Waals surface area contributed by atoms with Gasteiger partial charge in [-0.2, -0.15) is 0 Å². The van der Waals surface area contributed by atoms with Gasteiger partial charge in [-0.1, -0.05) is 55.8 Å². The van der Waals surface area contributed by atoms with Crippen LogP contribution < -0.4 is 10.1 Å². The fraction of sp³-hybridized carbons (Fsp3) is 0.424. The molecule has 0 aliphatic heterocycles. The predicted molar refractivity (Wildman–Crippen MR) is 172 cm³/mol. The largest absolute Gasteiger partial charge is 0.492 e. The number of carbonyl (C=O) groups excluding carboxylic acids is 1. The minimum absolute atomic E-state index is 0. The molecule has 3 N–H and O–H groups in total. The smallest absolute Gasteiger partial charge is 0.329 e. The molecule has 10 heteroatoms. The maximum Gasteiger partial charge on any atom is 0.329 e. The van der Waals surface area contributed by atoms with Crippen LogP contribution in [0.15, 0.2) is 54.6 Å². The van der Waals surface area contributed by atoms with Crippen molar-refractivity contribution in [2.45, 2.75) is 64.5 Å². The number of carboxylic acid groups (broad SMARTS) is 1. The zero-order valence-electron chi connectivity index (χ0n) is 24.9. The summed E-state index contributed by atoms with van der Waals surface area (Å²) in [5.74, 6) is -1.15. The summed E-state index contributed by atoms with van der Waals surface area (Å²) < 4.78 is 6.08. The lowest BCUT2D eigenvalue weighted by atomic mass is 9.80. The van der Waals surface area contributed by atoms with Crippen molar-refractivity contribution in [1.29, 1.82) is 0 Å². The first-order valence-electron chi connectivity index (χ1n) is 14.6. The number of aromatic nitrogens is 1. The van der Waals surface area contributed by atoms with E-state index in [2.05, 4.69) is 24.1 Å². The molecule has 1 aliphatic rings. The van der Waals surface area contributed by atoms with E-state index in [1.54, 1.807) is 12.1 Å². The summed E-state index contributed by atoms with van der Waals surface area (Å²) in [6.07, 6.45) is 1.20. The van der Waals surface area contributed by atoms with E-state index in [0.717, 1.165) is 48.3 Å². The number of ether oxygens (including phenoxy) is 1. The molecule has 0 radical (unpaired) electrons. The zero-order chi connectivity index (χ0) is 30.3. The van der Waals surface area contributed by atoms with E-state index in [0.29, 0.717) is 35.9 Å². The number of nitrogens with zero attached hydrogens (tertiary/aromatic N) is 2. The van der Waals surface area contributed by atoms with Gasteiger partial charge in [0, 0.05) is 17.7 Å². The maximum atomic E-state index is 13.5.